The number of rotatable bonds is 6. The molecule has 0 aliphatic carbocycles. The van der Waals surface area contributed by atoms with Gasteiger partial charge in [0.1, 0.15) is 5.75 Å². The summed E-state index contributed by atoms with van der Waals surface area (Å²) in [7, 11) is 0. The van der Waals surface area contributed by atoms with Crippen LogP contribution in [0.2, 0.25) is 0 Å². The predicted octanol–water partition coefficient (Wildman–Crippen LogP) is 1.59. The number of ether oxygens (including phenoxy) is 1. The van der Waals surface area contributed by atoms with Crippen molar-refractivity contribution < 1.29 is 14.6 Å². The Hall–Kier alpha value is -1.55. The minimum Gasteiger partial charge on any atom is -0.494 e. The summed E-state index contributed by atoms with van der Waals surface area (Å²) < 4.78 is 5.44. The molecule has 4 nitrogen and oxygen atoms in total. The van der Waals surface area contributed by atoms with Gasteiger partial charge in [-0.1, -0.05) is 13.0 Å². The van der Waals surface area contributed by atoms with Crippen LogP contribution < -0.4 is 10.1 Å². The molecule has 1 rings (SSSR count). The van der Waals surface area contributed by atoms with Crippen LogP contribution in [0.5, 0.6) is 5.75 Å². The SMILES string of the molecule is CCCOc1cccc(C(=O)NC[C@@H](C)O)c1. The summed E-state index contributed by atoms with van der Waals surface area (Å²) in [6.45, 7) is 4.54. The Bertz CT molecular complexity index is 363. The average molecular weight is 237 g/mol. The smallest absolute Gasteiger partial charge is 0.251 e. The highest BCUT2D eigenvalue weighted by Gasteiger charge is 2.07. The maximum absolute atomic E-state index is 11.7. The van der Waals surface area contributed by atoms with Gasteiger partial charge in [0.2, 0.25) is 0 Å². The van der Waals surface area contributed by atoms with Gasteiger partial charge in [0.25, 0.3) is 5.91 Å². The Labute approximate surface area is 102 Å². The molecule has 1 amide bonds. The lowest BCUT2D eigenvalue weighted by atomic mass is 10.2. The quantitative estimate of drug-likeness (QED) is 0.790. The van der Waals surface area contributed by atoms with Crippen LogP contribution in [-0.4, -0.2) is 30.3 Å². The van der Waals surface area contributed by atoms with Crippen LogP contribution >= 0.6 is 0 Å². The molecule has 0 saturated heterocycles. The lowest BCUT2D eigenvalue weighted by Crippen LogP contribution is -2.30. The molecular weight excluding hydrogens is 218 g/mol. The summed E-state index contributed by atoms with van der Waals surface area (Å²) in [5.74, 6) is 0.490. The van der Waals surface area contributed by atoms with E-state index in [2.05, 4.69) is 5.32 Å². The van der Waals surface area contributed by atoms with Gasteiger partial charge in [-0.05, 0) is 31.5 Å². The van der Waals surface area contributed by atoms with Crippen molar-refractivity contribution in [2.45, 2.75) is 26.4 Å². The van der Waals surface area contributed by atoms with E-state index in [9.17, 15) is 4.79 Å². The number of carbonyl (C=O) groups excluding carboxylic acids is 1. The molecule has 1 aromatic rings. The molecule has 4 heteroatoms. The molecule has 0 fully saturated rings. The fourth-order valence-corrected chi connectivity index (χ4v) is 1.29. The largest absolute Gasteiger partial charge is 0.494 e. The number of carbonyl (C=O) groups is 1. The molecule has 0 unspecified atom stereocenters. The van der Waals surface area contributed by atoms with Crippen LogP contribution in [0.1, 0.15) is 30.6 Å². The summed E-state index contributed by atoms with van der Waals surface area (Å²) in [5, 5.41) is 11.7. The van der Waals surface area contributed by atoms with E-state index in [4.69, 9.17) is 9.84 Å². The second-order valence-corrected chi connectivity index (χ2v) is 3.94. The van der Waals surface area contributed by atoms with E-state index in [0.29, 0.717) is 17.9 Å². The van der Waals surface area contributed by atoms with Crippen molar-refractivity contribution in [2.75, 3.05) is 13.2 Å². The van der Waals surface area contributed by atoms with Crippen LogP contribution in [0, 0.1) is 0 Å². The number of aliphatic hydroxyl groups excluding tert-OH is 1. The predicted molar refractivity (Wildman–Crippen MR) is 66.2 cm³/mol. The molecule has 0 aliphatic rings. The Balaban J connectivity index is 2.60. The highest BCUT2D eigenvalue weighted by Crippen LogP contribution is 2.13. The van der Waals surface area contributed by atoms with Crippen LogP contribution in [0.3, 0.4) is 0 Å². The molecule has 0 aliphatic heterocycles. The molecule has 0 aromatic heterocycles. The fraction of sp³-hybridized carbons (Fsp3) is 0.462. The minimum atomic E-state index is -0.543. The Morgan fingerprint density at radius 2 is 2.29 bits per heavy atom. The van der Waals surface area contributed by atoms with Gasteiger partial charge < -0.3 is 15.2 Å². The van der Waals surface area contributed by atoms with Crippen molar-refractivity contribution in [3.05, 3.63) is 29.8 Å². The number of benzene rings is 1. The third kappa shape index (κ3) is 4.87. The van der Waals surface area contributed by atoms with E-state index in [0.717, 1.165) is 6.42 Å². The van der Waals surface area contributed by atoms with E-state index in [1.54, 1.807) is 25.1 Å². The van der Waals surface area contributed by atoms with Crippen molar-refractivity contribution in [1.29, 1.82) is 0 Å². The standard InChI is InChI=1S/C13H19NO3/c1-3-7-17-12-6-4-5-11(8-12)13(16)14-9-10(2)15/h4-6,8,10,15H,3,7,9H2,1-2H3,(H,14,16)/t10-/m1/s1. The van der Waals surface area contributed by atoms with Crippen LogP contribution in [0.25, 0.3) is 0 Å². The molecule has 0 spiro atoms. The van der Waals surface area contributed by atoms with E-state index in [1.165, 1.54) is 0 Å². The Morgan fingerprint density at radius 1 is 1.53 bits per heavy atom. The zero-order valence-corrected chi connectivity index (χ0v) is 10.3. The topological polar surface area (TPSA) is 58.6 Å². The lowest BCUT2D eigenvalue weighted by Gasteiger charge is -2.09. The maximum Gasteiger partial charge on any atom is 0.251 e. The second kappa shape index (κ2) is 6.91. The van der Waals surface area contributed by atoms with E-state index >= 15 is 0 Å². The number of aliphatic hydroxyl groups is 1. The maximum atomic E-state index is 11.7. The molecular formula is C13H19NO3. The van der Waals surface area contributed by atoms with Gasteiger partial charge in [-0.15, -0.1) is 0 Å². The van der Waals surface area contributed by atoms with Crippen LogP contribution in [0.4, 0.5) is 0 Å². The van der Waals surface area contributed by atoms with Crippen LogP contribution in [-0.2, 0) is 0 Å². The van der Waals surface area contributed by atoms with Crippen molar-refractivity contribution in [3.8, 4) is 5.75 Å². The van der Waals surface area contributed by atoms with Crippen molar-refractivity contribution in [1.82, 2.24) is 5.32 Å². The summed E-state index contributed by atoms with van der Waals surface area (Å²) in [6.07, 6.45) is 0.386. The van der Waals surface area contributed by atoms with E-state index in [-0.39, 0.29) is 12.5 Å². The third-order valence-electron chi connectivity index (χ3n) is 2.13. The average Bonchev–Trinajstić information content (AvgIpc) is 2.33. The Morgan fingerprint density at radius 3 is 2.94 bits per heavy atom. The van der Waals surface area contributed by atoms with Gasteiger partial charge >= 0.3 is 0 Å². The molecule has 1 atom stereocenters. The molecule has 0 saturated carbocycles. The first-order chi connectivity index (χ1) is 8.13. The van der Waals surface area contributed by atoms with Crippen molar-refractivity contribution in [2.24, 2.45) is 0 Å². The van der Waals surface area contributed by atoms with Gasteiger partial charge in [-0.3, -0.25) is 4.79 Å². The molecule has 0 bridgehead atoms. The van der Waals surface area contributed by atoms with Gasteiger partial charge in [0.05, 0.1) is 12.7 Å². The van der Waals surface area contributed by atoms with Gasteiger partial charge in [-0.2, -0.15) is 0 Å². The number of hydrogen-bond donors (Lipinski definition) is 2. The van der Waals surface area contributed by atoms with Crippen LogP contribution in [0.15, 0.2) is 24.3 Å². The van der Waals surface area contributed by atoms with Crippen molar-refractivity contribution >= 4 is 5.91 Å². The molecule has 17 heavy (non-hydrogen) atoms. The van der Waals surface area contributed by atoms with Gasteiger partial charge in [-0.25, -0.2) is 0 Å². The van der Waals surface area contributed by atoms with Gasteiger partial charge in [0, 0.05) is 12.1 Å². The summed E-state index contributed by atoms with van der Waals surface area (Å²) >= 11 is 0. The molecule has 0 radical (unpaired) electrons. The summed E-state index contributed by atoms with van der Waals surface area (Å²) in [4.78, 5) is 11.7. The molecule has 2 N–H and O–H groups in total. The lowest BCUT2D eigenvalue weighted by molar-refractivity contribution is 0.0923. The first-order valence-corrected chi connectivity index (χ1v) is 5.82. The summed E-state index contributed by atoms with van der Waals surface area (Å²) in [5.41, 5.74) is 0.541. The molecule has 0 heterocycles. The fourth-order valence-electron chi connectivity index (χ4n) is 1.29. The molecule has 1 aromatic carbocycles. The second-order valence-electron chi connectivity index (χ2n) is 3.94. The highest BCUT2D eigenvalue weighted by atomic mass is 16.5. The van der Waals surface area contributed by atoms with E-state index in [1.807, 2.05) is 13.0 Å². The minimum absolute atomic E-state index is 0.201. The number of hydrogen-bond acceptors (Lipinski definition) is 3. The zero-order valence-electron chi connectivity index (χ0n) is 10.3. The monoisotopic (exact) mass is 237 g/mol. The van der Waals surface area contributed by atoms with Crippen molar-refractivity contribution in [3.63, 3.8) is 0 Å². The Kier molecular flexibility index (Phi) is 5.49. The first kappa shape index (κ1) is 13.5. The molecule has 94 valence electrons. The van der Waals surface area contributed by atoms with Gasteiger partial charge in [0.15, 0.2) is 0 Å². The first-order valence-electron chi connectivity index (χ1n) is 5.82. The van der Waals surface area contributed by atoms with E-state index < -0.39 is 6.10 Å². The normalized spacial score (nSPS) is 11.9. The highest BCUT2D eigenvalue weighted by molar-refractivity contribution is 5.94. The number of amides is 1. The summed E-state index contributed by atoms with van der Waals surface area (Å²) in [6, 6.07) is 7.02. The zero-order chi connectivity index (χ0) is 12.7. The number of nitrogens with one attached hydrogen (secondary N) is 1. The third-order valence-corrected chi connectivity index (χ3v) is 2.13.